The summed E-state index contributed by atoms with van der Waals surface area (Å²) in [6.45, 7) is 4.90. The largest absolute Gasteiger partial charge is 0.342 e. The molecule has 1 heterocycles. The molecule has 1 saturated carbocycles. The Balaban J connectivity index is 1.87. The van der Waals surface area contributed by atoms with E-state index >= 15 is 0 Å². The topological polar surface area (TPSA) is 46.3 Å². The van der Waals surface area contributed by atoms with Crippen LogP contribution in [-0.4, -0.2) is 30.4 Å². The minimum absolute atomic E-state index is 0.366. The fourth-order valence-electron chi connectivity index (χ4n) is 2.66. The second kappa shape index (κ2) is 4.12. The molecule has 0 aromatic carbocycles. The van der Waals surface area contributed by atoms with Crippen LogP contribution in [0.2, 0.25) is 0 Å². The van der Waals surface area contributed by atoms with Gasteiger partial charge in [-0.25, -0.2) is 0 Å². The molecule has 2 fully saturated rings. The average molecular weight is 210 g/mol. The van der Waals surface area contributed by atoms with Gasteiger partial charge in [0.15, 0.2) is 0 Å². The Bertz CT molecular complexity index is 248. The first-order chi connectivity index (χ1) is 7.19. The zero-order valence-electron chi connectivity index (χ0n) is 9.67. The van der Waals surface area contributed by atoms with E-state index in [4.69, 9.17) is 5.73 Å². The molecule has 3 nitrogen and oxygen atoms in total. The smallest absolute Gasteiger partial charge is 0.222 e. The van der Waals surface area contributed by atoms with Crippen molar-refractivity contribution in [3.05, 3.63) is 0 Å². The Hall–Kier alpha value is -0.570. The highest BCUT2D eigenvalue weighted by molar-refractivity contribution is 5.78. The number of nitrogens with two attached hydrogens (primary N) is 1. The summed E-state index contributed by atoms with van der Waals surface area (Å²) in [6, 6.07) is 0. The Morgan fingerprint density at radius 1 is 1.53 bits per heavy atom. The normalized spacial score (nSPS) is 28.5. The van der Waals surface area contributed by atoms with Gasteiger partial charge in [0.1, 0.15) is 0 Å². The third-order valence-electron chi connectivity index (χ3n) is 4.03. The second-order valence-electron chi connectivity index (χ2n) is 5.29. The van der Waals surface area contributed by atoms with Gasteiger partial charge in [0.2, 0.25) is 5.91 Å². The fraction of sp³-hybridized carbons (Fsp3) is 0.917. The van der Waals surface area contributed by atoms with Gasteiger partial charge >= 0.3 is 0 Å². The van der Waals surface area contributed by atoms with E-state index in [2.05, 4.69) is 11.8 Å². The third-order valence-corrected chi connectivity index (χ3v) is 4.03. The predicted octanol–water partition coefficient (Wildman–Crippen LogP) is 1.37. The first kappa shape index (κ1) is 10.9. The summed E-state index contributed by atoms with van der Waals surface area (Å²) in [6.07, 6.45) is 5.53. The number of amides is 1. The van der Waals surface area contributed by atoms with E-state index in [0.29, 0.717) is 17.2 Å². The highest BCUT2D eigenvalue weighted by Crippen LogP contribution is 2.49. The number of likely N-dealkylation sites (tertiary alicyclic amines) is 1. The standard InChI is InChI=1S/C12H22N2O/c1-2-10-7-11(15)14(8-10)9-12(3-4-12)5-6-13/h10H,2-9,13H2,1H3. The SMILES string of the molecule is CCC1CC(=O)N(CC2(CCN)CC2)C1. The summed E-state index contributed by atoms with van der Waals surface area (Å²) in [5, 5.41) is 0. The van der Waals surface area contributed by atoms with E-state index in [1.54, 1.807) is 0 Å². The van der Waals surface area contributed by atoms with Gasteiger partial charge in [-0.1, -0.05) is 13.3 Å². The minimum atomic E-state index is 0.366. The molecule has 1 aliphatic carbocycles. The molecule has 3 heteroatoms. The summed E-state index contributed by atoms with van der Waals surface area (Å²) < 4.78 is 0. The van der Waals surface area contributed by atoms with Crippen LogP contribution in [0.5, 0.6) is 0 Å². The van der Waals surface area contributed by atoms with Crippen LogP contribution < -0.4 is 5.73 Å². The lowest BCUT2D eigenvalue weighted by molar-refractivity contribution is -0.128. The van der Waals surface area contributed by atoms with Crippen molar-refractivity contribution >= 4 is 5.91 Å². The highest BCUT2D eigenvalue weighted by Gasteiger charge is 2.45. The molecule has 2 rings (SSSR count). The Kier molecular flexibility index (Phi) is 3.01. The fourth-order valence-corrected chi connectivity index (χ4v) is 2.66. The predicted molar refractivity (Wildman–Crippen MR) is 60.3 cm³/mol. The van der Waals surface area contributed by atoms with Gasteiger partial charge in [0, 0.05) is 19.5 Å². The van der Waals surface area contributed by atoms with E-state index in [1.807, 2.05) is 0 Å². The van der Waals surface area contributed by atoms with Crippen LogP contribution in [0.1, 0.15) is 39.0 Å². The molecule has 2 aliphatic rings. The average Bonchev–Trinajstić information content (AvgIpc) is 2.87. The molecular weight excluding hydrogens is 188 g/mol. The molecule has 15 heavy (non-hydrogen) atoms. The van der Waals surface area contributed by atoms with Crippen LogP contribution in [0.25, 0.3) is 0 Å². The van der Waals surface area contributed by atoms with Crippen molar-refractivity contribution in [1.29, 1.82) is 0 Å². The van der Waals surface area contributed by atoms with Crippen molar-refractivity contribution in [3.63, 3.8) is 0 Å². The summed E-state index contributed by atoms with van der Waals surface area (Å²) in [7, 11) is 0. The molecule has 1 amide bonds. The van der Waals surface area contributed by atoms with Crippen molar-refractivity contribution in [2.24, 2.45) is 17.1 Å². The lowest BCUT2D eigenvalue weighted by atomic mass is 10.0. The van der Waals surface area contributed by atoms with Gasteiger partial charge in [-0.15, -0.1) is 0 Å². The van der Waals surface area contributed by atoms with Crippen molar-refractivity contribution in [1.82, 2.24) is 4.90 Å². The molecule has 86 valence electrons. The van der Waals surface area contributed by atoms with Crippen LogP contribution >= 0.6 is 0 Å². The lowest BCUT2D eigenvalue weighted by Crippen LogP contribution is -2.32. The van der Waals surface area contributed by atoms with Crippen LogP contribution in [0, 0.1) is 11.3 Å². The van der Waals surface area contributed by atoms with Crippen LogP contribution in [-0.2, 0) is 4.79 Å². The van der Waals surface area contributed by atoms with Gasteiger partial charge in [0.05, 0.1) is 0 Å². The maximum absolute atomic E-state index is 11.7. The zero-order valence-corrected chi connectivity index (χ0v) is 9.67. The quantitative estimate of drug-likeness (QED) is 0.745. The summed E-state index contributed by atoms with van der Waals surface area (Å²) in [5.74, 6) is 0.969. The van der Waals surface area contributed by atoms with Gasteiger partial charge in [-0.05, 0) is 37.1 Å². The maximum Gasteiger partial charge on any atom is 0.222 e. The summed E-state index contributed by atoms with van der Waals surface area (Å²) in [4.78, 5) is 13.8. The van der Waals surface area contributed by atoms with Crippen molar-refractivity contribution in [2.45, 2.75) is 39.0 Å². The number of nitrogens with zero attached hydrogens (tertiary/aromatic N) is 1. The number of carbonyl (C=O) groups excluding carboxylic acids is 1. The monoisotopic (exact) mass is 210 g/mol. The Morgan fingerprint density at radius 3 is 2.73 bits per heavy atom. The minimum Gasteiger partial charge on any atom is -0.342 e. The van der Waals surface area contributed by atoms with Gasteiger partial charge in [0.25, 0.3) is 0 Å². The van der Waals surface area contributed by atoms with Crippen molar-refractivity contribution < 1.29 is 4.79 Å². The van der Waals surface area contributed by atoms with Crippen molar-refractivity contribution in [3.8, 4) is 0 Å². The second-order valence-corrected chi connectivity index (χ2v) is 5.29. The molecule has 1 saturated heterocycles. The van der Waals surface area contributed by atoms with Gasteiger partial charge in [-0.2, -0.15) is 0 Å². The maximum atomic E-state index is 11.7. The molecule has 0 spiro atoms. The van der Waals surface area contributed by atoms with E-state index in [0.717, 1.165) is 38.9 Å². The molecule has 0 radical (unpaired) electrons. The molecule has 1 atom stereocenters. The van der Waals surface area contributed by atoms with E-state index in [9.17, 15) is 4.79 Å². The summed E-state index contributed by atoms with van der Waals surface area (Å²) >= 11 is 0. The van der Waals surface area contributed by atoms with Gasteiger partial charge in [-0.3, -0.25) is 4.79 Å². The first-order valence-electron chi connectivity index (χ1n) is 6.17. The van der Waals surface area contributed by atoms with Gasteiger partial charge < -0.3 is 10.6 Å². The Labute approximate surface area is 92.0 Å². The zero-order chi connectivity index (χ0) is 10.9. The lowest BCUT2D eigenvalue weighted by Gasteiger charge is -2.23. The number of hydrogen-bond acceptors (Lipinski definition) is 2. The van der Waals surface area contributed by atoms with E-state index in [1.165, 1.54) is 12.8 Å². The molecule has 0 bridgehead atoms. The molecule has 0 aromatic heterocycles. The molecular formula is C12H22N2O. The first-order valence-corrected chi connectivity index (χ1v) is 6.17. The number of rotatable bonds is 5. The molecule has 1 unspecified atom stereocenters. The highest BCUT2D eigenvalue weighted by atomic mass is 16.2. The van der Waals surface area contributed by atoms with Crippen LogP contribution in [0.15, 0.2) is 0 Å². The number of hydrogen-bond donors (Lipinski definition) is 1. The molecule has 2 N–H and O–H groups in total. The molecule has 0 aromatic rings. The summed E-state index contributed by atoms with van der Waals surface area (Å²) in [5.41, 5.74) is 6.02. The van der Waals surface area contributed by atoms with Crippen LogP contribution in [0.3, 0.4) is 0 Å². The van der Waals surface area contributed by atoms with E-state index in [-0.39, 0.29) is 0 Å². The van der Waals surface area contributed by atoms with Crippen molar-refractivity contribution in [2.75, 3.05) is 19.6 Å². The molecule has 1 aliphatic heterocycles. The van der Waals surface area contributed by atoms with E-state index < -0.39 is 0 Å². The third kappa shape index (κ3) is 2.33. The van der Waals surface area contributed by atoms with Crippen LogP contribution in [0.4, 0.5) is 0 Å². The number of carbonyl (C=O) groups is 1. The Morgan fingerprint density at radius 2 is 2.27 bits per heavy atom.